The lowest BCUT2D eigenvalue weighted by Gasteiger charge is -1.99. The topological polar surface area (TPSA) is 48.6 Å². The summed E-state index contributed by atoms with van der Waals surface area (Å²) in [5.41, 5.74) is 0. The van der Waals surface area contributed by atoms with Gasteiger partial charge in [-0.05, 0) is 6.42 Å². The molecule has 0 amide bonds. The average Bonchev–Trinajstić information content (AvgIpc) is 2.16. The van der Waals surface area contributed by atoms with Crippen LogP contribution < -0.4 is 0 Å². The summed E-state index contributed by atoms with van der Waals surface area (Å²) in [5, 5.41) is 0. The van der Waals surface area contributed by atoms with Crippen molar-refractivity contribution in [3.63, 3.8) is 0 Å². The van der Waals surface area contributed by atoms with Gasteiger partial charge in [-0.25, -0.2) is 0 Å². The maximum atomic E-state index is 10.0. The van der Waals surface area contributed by atoms with Crippen LogP contribution >= 0.6 is 0 Å². The minimum Gasteiger partial charge on any atom is -0.412 e. The average molecular weight is 202 g/mol. The van der Waals surface area contributed by atoms with Gasteiger partial charge in [-0.2, -0.15) is 0 Å². The van der Waals surface area contributed by atoms with E-state index in [4.69, 9.17) is 0 Å². The fraction of sp³-hybridized carbons (Fsp3) is 0.917. The first-order chi connectivity index (χ1) is 6.41. The van der Waals surface area contributed by atoms with Gasteiger partial charge in [0.15, 0.2) is 0 Å². The molecule has 0 saturated carbocycles. The maximum Gasteiger partial charge on any atom is 0.119 e. The number of hydrogen-bond donors (Lipinski definition) is 0. The van der Waals surface area contributed by atoms with Gasteiger partial charge in [0, 0.05) is 6.42 Å². The Bertz CT molecular complexity index is 102. The van der Waals surface area contributed by atoms with Gasteiger partial charge in [0.2, 0.25) is 0 Å². The highest BCUT2D eigenvalue weighted by Gasteiger charge is 1.91. The van der Waals surface area contributed by atoms with Crippen LogP contribution in [0.1, 0.15) is 71.1 Å². The largest absolute Gasteiger partial charge is 0.412 e. The Morgan fingerprint density at radius 1 is 0.786 bits per heavy atom. The van der Waals surface area contributed by atoms with Crippen molar-refractivity contribution < 1.29 is 10.3 Å². The van der Waals surface area contributed by atoms with E-state index in [1.54, 1.807) is 0 Å². The third-order valence-electron chi connectivity index (χ3n) is 2.43. The molecule has 0 aromatic rings. The first kappa shape index (κ1) is 16.1. The Hall–Kier alpha value is -0.370. The van der Waals surface area contributed by atoms with E-state index in [1.165, 1.54) is 51.4 Å². The predicted molar refractivity (Wildman–Crippen MR) is 61.5 cm³/mol. The minimum atomic E-state index is 0. The van der Waals surface area contributed by atoms with Gasteiger partial charge in [0.1, 0.15) is 6.29 Å². The van der Waals surface area contributed by atoms with Crippen LogP contribution in [0.4, 0.5) is 0 Å². The van der Waals surface area contributed by atoms with Crippen LogP contribution in [-0.2, 0) is 4.79 Å². The molecule has 0 saturated heterocycles. The zero-order valence-corrected chi connectivity index (χ0v) is 9.56. The van der Waals surface area contributed by atoms with Crippen LogP contribution in [0, 0.1) is 0 Å². The SMILES string of the molecule is CCCCCCCCCCCC=O.O. The highest BCUT2D eigenvalue weighted by molar-refractivity contribution is 5.48. The van der Waals surface area contributed by atoms with Crippen molar-refractivity contribution in [1.82, 2.24) is 0 Å². The summed E-state index contributed by atoms with van der Waals surface area (Å²) in [6.45, 7) is 2.25. The molecule has 0 heterocycles. The van der Waals surface area contributed by atoms with Crippen molar-refractivity contribution in [3.05, 3.63) is 0 Å². The van der Waals surface area contributed by atoms with Crippen molar-refractivity contribution in [2.75, 3.05) is 0 Å². The van der Waals surface area contributed by atoms with Gasteiger partial charge >= 0.3 is 0 Å². The second-order valence-corrected chi connectivity index (χ2v) is 3.78. The summed E-state index contributed by atoms with van der Waals surface area (Å²) in [6, 6.07) is 0. The van der Waals surface area contributed by atoms with E-state index in [9.17, 15) is 4.79 Å². The predicted octanol–water partition coefficient (Wildman–Crippen LogP) is 3.28. The number of rotatable bonds is 10. The molecule has 2 N–H and O–H groups in total. The smallest absolute Gasteiger partial charge is 0.119 e. The van der Waals surface area contributed by atoms with Crippen molar-refractivity contribution >= 4 is 6.29 Å². The third kappa shape index (κ3) is 14.2. The number of carbonyl (C=O) groups is 1. The number of hydrogen-bond acceptors (Lipinski definition) is 1. The standard InChI is InChI=1S/C12H24O.H2O/c1-2-3-4-5-6-7-8-9-10-11-12-13;/h12H,2-11H2,1H3;1H2. The van der Waals surface area contributed by atoms with E-state index in [-0.39, 0.29) is 5.48 Å². The molecule has 0 aliphatic carbocycles. The highest BCUT2D eigenvalue weighted by Crippen LogP contribution is 2.09. The molecule has 0 spiro atoms. The molecule has 2 nitrogen and oxygen atoms in total. The Morgan fingerprint density at radius 3 is 1.64 bits per heavy atom. The van der Waals surface area contributed by atoms with Crippen LogP contribution in [0.3, 0.4) is 0 Å². The summed E-state index contributed by atoms with van der Waals surface area (Å²) in [4.78, 5) is 10.0. The summed E-state index contributed by atoms with van der Waals surface area (Å²) < 4.78 is 0. The highest BCUT2D eigenvalue weighted by atomic mass is 16.1. The summed E-state index contributed by atoms with van der Waals surface area (Å²) >= 11 is 0. The van der Waals surface area contributed by atoms with E-state index in [0.717, 1.165) is 19.1 Å². The molecule has 0 fully saturated rings. The molecule has 0 aromatic heterocycles. The number of carbonyl (C=O) groups excluding carboxylic acids is 1. The van der Waals surface area contributed by atoms with Gasteiger partial charge in [-0.3, -0.25) is 0 Å². The summed E-state index contributed by atoms with van der Waals surface area (Å²) in [5.74, 6) is 0. The molecule has 86 valence electrons. The lowest BCUT2D eigenvalue weighted by atomic mass is 10.1. The Labute approximate surface area is 88.4 Å². The first-order valence-electron chi connectivity index (χ1n) is 5.85. The number of aldehydes is 1. The lowest BCUT2D eigenvalue weighted by Crippen LogP contribution is -1.81. The normalized spacial score (nSPS) is 9.50. The van der Waals surface area contributed by atoms with Crippen molar-refractivity contribution in [2.24, 2.45) is 0 Å². The monoisotopic (exact) mass is 202 g/mol. The van der Waals surface area contributed by atoms with E-state index < -0.39 is 0 Å². The number of unbranched alkanes of at least 4 members (excludes halogenated alkanes) is 9. The fourth-order valence-electron chi connectivity index (χ4n) is 1.54. The molecule has 0 rings (SSSR count). The second-order valence-electron chi connectivity index (χ2n) is 3.78. The molecule has 0 atom stereocenters. The van der Waals surface area contributed by atoms with Crippen LogP contribution in [0.5, 0.6) is 0 Å². The summed E-state index contributed by atoms with van der Waals surface area (Å²) in [6.07, 6.45) is 13.7. The third-order valence-corrected chi connectivity index (χ3v) is 2.43. The maximum absolute atomic E-state index is 10.0. The quantitative estimate of drug-likeness (QED) is 0.396. The fourth-order valence-corrected chi connectivity index (χ4v) is 1.54. The molecule has 14 heavy (non-hydrogen) atoms. The molecule has 0 aliphatic rings. The van der Waals surface area contributed by atoms with Gasteiger partial charge in [-0.15, -0.1) is 0 Å². The zero-order chi connectivity index (χ0) is 9.78. The van der Waals surface area contributed by atoms with Crippen LogP contribution in [-0.4, -0.2) is 11.8 Å². The van der Waals surface area contributed by atoms with Crippen LogP contribution in [0.25, 0.3) is 0 Å². The Morgan fingerprint density at radius 2 is 1.21 bits per heavy atom. The van der Waals surface area contributed by atoms with Crippen LogP contribution in [0.15, 0.2) is 0 Å². The van der Waals surface area contributed by atoms with Gasteiger partial charge in [0.25, 0.3) is 0 Å². The lowest BCUT2D eigenvalue weighted by molar-refractivity contribution is -0.107. The second kappa shape index (κ2) is 15.1. The molecule has 0 aliphatic heterocycles. The molecule has 0 unspecified atom stereocenters. The Balaban J connectivity index is 0. The van der Waals surface area contributed by atoms with E-state index in [2.05, 4.69) is 6.92 Å². The zero-order valence-electron chi connectivity index (χ0n) is 9.56. The molecule has 2 heteroatoms. The molecule has 0 aromatic carbocycles. The van der Waals surface area contributed by atoms with E-state index >= 15 is 0 Å². The van der Waals surface area contributed by atoms with E-state index in [0.29, 0.717) is 0 Å². The van der Waals surface area contributed by atoms with Gasteiger partial charge < -0.3 is 10.3 Å². The van der Waals surface area contributed by atoms with Crippen molar-refractivity contribution in [1.29, 1.82) is 0 Å². The van der Waals surface area contributed by atoms with Gasteiger partial charge in [0.05, 0.1) is 0 Å². The van der Waals surface area contributed by atoms with Gasteiger partial charge in [-0.1, -0.05) is 58.3 Å². The summed E-state index contributed by atoms with van der Waals surface area (Å²) in [7, 11) is 0. The first-order valence-corrected chi connectivity index (χ1v) is 5.85. The minimum absolute atomic E-state index is 0. The Kier molecular flexibility index (Phi) is 17.4. The molecular formula is C12H26O2. The van der Waals surface area contributed by atoms with Crippen molar-refractivity contribution in [2.45, 2.75) is 71.1 Å². The van der Waals surface area contributed by atoms with E-state index in [1.807, 2.05) is 0 Å². The molecule has 0 radical (unpaired) electrons. The molecule has 0 bridgehead atoms. The van der Waals surface area contributed by atoms with Crippen molar-refractivity contribution in [3.8, 4) is 0 Å². The van der Waals surface area contributed by atoms with Crippen LogP contribution in [0.2, 0.25) is 0 Å². The molecular weight excluding hydrogens is 176 g/mol.